The van der Waals surface area contributed by atoms with Crippen molar-refractivity contribution in [2.75, 3.05) is 0 Å². The largest absolute Gasteiger partial charge is 0.456 e. The Morgan fingerprint density at radius 3 is 2.33 bits per heavy atom. The first-order valence-electron chi connectivity index (χ1n) is 13.8. The summed E-state index contributed by atoms with van der Waals surface area (Å²) in [7, 11) is 0. The van der Waals surface area contributed by atoms with Crippen molar-refractivity contribution >= 4 is 60.7 Å². The van der Waals surface area contributed by atoms with E-state index in [9.17, 15) is 0 Å². The molecule has 0 unspecified atom stereocenters. The Labute approximate surface area is 229 Å². The normalized spacial score (nSPS) is 13.2. The van der Waals surface area contributed by atoms with Gasteiger partial charge in [0, 0.05) is 43.6 Å². The molecule has 3 aromatic heterocycles. The summed E-state index contributed by atoms with van der Waals surface area (Å²) < 4.78 is 8.86. The number of benzene rings is 5. The van der Waals surface area contributed by atoms with Crippen LogP contribution in [0.1, 0.15) is 17.5 Å². The minimum atomic E-state index is 0.678. The fourth-order valence-electron chi connectivity index (χ4n) is 6.56. The van der Waals surface area contributed by atoms with Gasteiger partial charge in [-0.3, -0.25) is 4.57 Å². The second kappa shape index (κ2) is 8.14. The van der Waals surface area contributed by atoms with E-state index < -0.39 is 0 Å². The lowest BCUT2D eigenvalue weighted by Gasteiger charge is -2.16. The maximum Gasteiger partial charge on any atom is 0.235 e. The van der Waals surface area contributed by atoms with Gasteiger partial charge in [0.1, 0.15) is 11.2 Å². The second-order valence-corrected chi connectivity index (χ2v) is 10.5. The molecule has 0 saturated carbocycles. The Hall–Kier alpha value is -5.22. The zero-order valence-electron chi connectivity index (χ0n) is 21.6. The van der Waals surface area contributed by atoms with Gasteiger partial charge < -0.3 is 4.42 Å². The molecule has 1 aliphatic rings. The molecule has 1 aliphatic carbocycles. The Morgan fingerprint density at radius 2 is 1.43 bits per heavy atom. The maximum absolute atomic E-state index is 6.58. The molecule has 0 saturated heterocycles. The number of aryl methyl sites for hydroxylation is 1. The lowest BCUT2D eigenvalue weighted by molar-refractivity contribution is 0.662. The smallest absolute Gasteiger partial charge is 0.235 e. The number of allylic oxidation sites excluding steroid dienone is 1. The van der Waals surface area contributed by atoms with Gasteiger partial charge in [0.15, 0.2) is 0 Å². The lowest BCUT2D eigenvalue weighted by atomic mass is 9.91. The van der Waals surface area contributed by atoms with Crippen LogP contribution in [0.5, 0.6) is 0 Å². The fourth-order valence-corrected chi connectivity index (χ4v) is 6.56. The van der Waals surface area contributed by atoms with Crippen molar-refractivity contribution < 1.29 is 4.42 Å². The van der Waals surface area contributed by atoms with Gasteiger partial charge in [-0.25, -0.2) is 9.97 Å². The zero-order valence-corrected chi connectivity index (χ0v) is 21.6. The molecule has 0 radical (unpaired) electrons. The first kappa shape index (κ1) is 21.7. The number of hydrogen-bond donors (Lipinski definition) is 0. The van der Waals surface area contributed by atoms with Crippen LogP contribution in [-0.4, -0.2) is 14.5 Å². The monoisotopic (exact) mass is 513 g/mol. The molecular weight excluding hydrogens is 490 g/mol. The van der Waals surface area contributed by atoms with E-state index in [1.807, 2.05) is 18.2 Å². The van der Waals surface area contributed by atoms with Crippen molar-refractivity contribution in [2.45, 2.75) is 12.8 Å². The highest BCUT2D eigenvalue weighted by molar-refractivity contribution is 6.29. The SMILES string of the molecule is C1=Cc2c(c3oc4ccccc4c3c3c4ccccc4n(-c4nc(-c5ccccc5)c5ccccc5n4)c23)CC1. The molecule has 5 aromatic carbocycles. The van der Waals surface area contributed by atoms with Crippen LogP contribution >= 0.6 is 0 Å². The molecule has 188 valence electrons. The molecule has 3 heterocycles. The van der Waals surface area contributed by atoms with Crippen molar-refractivity contribution in [2.24, 2.45) is 0 Å². The number of fused-ring (bicyclic) bond motifs is 11. The van der Waals surface area contributed by atoms with Gasteiger partial charge in [-0.1, -0.05) is 97.1 Å². The van der Waals surface area contributed by atoms with Gasteiger partial charge in [-0.15, -0.1) is 0 Å². The topological polar surface area (TPSA) is 43.9 Å². The predicted octanol–water partition coefficient (Wildman–Crippen LogP) is 9.25. The lowest BCUT2D eigenvalue weighted by Crippen LogP contribution is -2.06. The van der Waals surface area contributed by atoms with Crippen molar-refractivity contribution in [1.82, 2.24) is 14.5 Å². The van der Waals surface area contributed by atoms with E-state index in [4.69, 9.17) is 14.4 Å². The van der Waals surface area contributed by atoms with E-state index in [2.05, 4.69) is 102 Å². The fraction of sp³-hybridized carbons (Fsp3) is 0.0556. The number of nitrogens with zero attached hydrogens (tertiary/aromatic N) is 3. The van der Waals surface area contributed by atoms with Crippen LogP contribution in [0, 0.1) is 0 Å². The summed E-state index contributed by atoms with van der Waals surface area (Å²) in [6, 6.07) is 35.7. The molecule has 0 atom stereocenters. The van der Waals surface area contributed by atoms with Crippen LogP contribution in [-0.2, 0) is 6.42 Å². The van der Waals surface area contributed by atoms with Crippen molar-refractivity contribution in [1.29, 1.82) is 0 Å². The van der Waals surface area contributed by atoms with E-state index in [1.165, 1.54) is 27.3 Å². The summed E-state index contributed by atoms with van der Waals surface area (Å²) in [6.07, 6.45) is 6.47. The first-order valence-corrected chi connectivity index (χ1v) is 13.8. The van der Waals surface area contributed by atoms with Crippen molar-refractivity contribution in [3.05, 3.63) is 120 Å². The van der Waals surface area contributed by atoms with Crippen LogP contribution in [0.3, 0.4) is 0 Å². The molecule has 9 rings (SSSR count). The van der Waals surface area contributed by atoms with E-state index in [0.717, 1.165) is 62.6 Å². The molecule has 4 heteroatoms. The van der Waals surface area contributed by atoms with Gasteiger partial charge in [0.05, 0.1) is 22.2 Å². The summed E-state index contributed by atoms with van der Waals surface area (Å²) >= 11 is 0. The summed E-state index contributed by atoms with van der Waals surface area (Å²) in [5.41, 5.74) is 9.55. The van der Waals surface area contributed by atoms with Crippen LogP contribution in [0.2, 0.25) is 0 Å². The van der Waals surface area contributed by atoms with Gasteiger partial charge in [-0.2, -0.15) is 0 Å². The Morgan fingerprint density at radius 1 is 0.675 bits per heavy atom. The molecular formula is C36H23N3O. The minimum absolute atomic E-state index is 0.678. The molecule has 0 aliphatic heterocycles. The van der Waals surface area contributed by atoms with Crippen LogP contribution in [0.25, 0.3) is 77.9 Å². The zero-order chi connectivity index (χ0) is 26.2. The van der Waals surface area contributed by atoms with Gasteiger partial charge in [-0.05, 0) is 31.0 Å². The molecule has 0 N–H and O–H groups in total. The van der Waals surface area contributed by atoms with Crippen LogP contribution in [0.4, 0.5) is 0 Å². The third-order valence-electron chi connectivity index (χ3n) is 8.26. The van der Waals surface area contributed by atoms with Gasteiger partial charge >= 0.3 is 0 Å². The highest BCUT2D eigenvalue weighted by Crippen LogP contribution is 2.46. The summed E-state index contributed by atoms with van der Waals surface area (Å²) in [4.78, 5) is 10.5. The Bertz CT molecular complexity index is 2320. The molecule has 4 nitrogen and oxygen atoms in total. The molecule has 8 aromatic rings. The van der Waals surface area contributed by atoms with E-state index in [-0.39, 0.29) is 0 Å². The van der Waals surface area contributed by atoms with E-state index >= 15 is 0 Å². The molecule has 40 heavy (non-hydrogen) atoms. The molecule has 0 bridgehead atoms. The van der Waals surface area contributed by atoms with Gasteiger partial charge in [0.25, 0.3) is 0 Å². The quantitative estimate of drug-likeness (QED) is 0.231. The molecule has 0 spiro atoms. The van der Waals surface area contributed by atoms with Crippen LogP contribution in [0.15, 0.2) is 114 Å². The number of furan rings is 1. The average molecular weight is 514 g/mol. The number of aromatic nitrogens is 3. The third kappa shape index (κ3) is 2.90. The second-order valence-electron chi connectivity index (χ2n) is 10.5. The average Bonchev–Trinajstić information content (AvgIpc) is 3.58. The third-order valence-corrected chi connectivity index (χ3v) is 8.26. The summed E-state index contributed by atoms with van der Waals surface area (Å²) in [5, 5.41) is 5.74. The van der Waals surface area contributed by atoms with Gasteiger partial charge in [0.2, 0.25) is 5.95 Å². The Kier molecular flexibility index (Phi) is 4.41. The molecule has 0 amide bonds. The molecule has 0 fully saturated rings. The predicted molar refractivity (Wildman–Crippen MR) is 164 cm³/mol. The minimum Gasteiger partial charge on any atom is -0.456 e. The maximum atomic E-state index is 6.58. The van der Waals surface area contributed by atoms with E-state index in [1.54, 1.807) is 0 Å². The first-order chi connectivity index (χ1) is 19.9. The number of hydrogen-bond acceptors (Lipinski definition) is 3. The summed E-state index contributed by atoms with van der Waals surface area (Å²) in [6.45, 7) is 0. The highest BCUT2D eigenvalue weighted by Gasteiger charge is 2.27. The van der Waals surface area contributed by atoms with E-state index in [0.29, 0.717) is 5.95 Å². The summed E-state index contributed by atoms with van der Waals surface area (Å²) in [5.74, 6) is 0.678. The van der Waals surface area contributed by atoms with Crippen LogP contribution < -0.4 is 0 Å². The number of rotatable bonds is 2. The number of para-hydroxylation sites is 3. The van der Waals surface area contributed by atoms with Crippen molar-refractivity contribution in [3.63, 3.8) is 0 Å². The Balaban J connectivity index is 1.52. The highest BCUT2D eigenvalue weighted by atomic mass is 16.3. The van der Waals surface area contributed by atoms with Crippen molar-refractivity contribution in [3.8, 4) is 17.2 Å². The standard InChI is InChI=1S/C36H23N3O/c1-2-12-22(13-3-1)33-25-16-6-9-19-28(25)37-36(38-33)39-29-20-10-7-17-26(29)31-32-27-18-8-11-21-30(27)40-35(32)24-15-5-4-14-23(24)34(31)39/h1-4,6-14,16-21H,5,15H2.